The summed E-state index contributed by atoms with van der Waals surface area (Å²) >= 11 is 0. The van der Waals surface area contributed by atoms with Crippen LogP contribution in [0, 0.1) is 0 Å². The van der Waals surface area contributed by atoms with Crippen LogP contribution < -0.4 is 15.4 Å². The van der Waals surface area contributed by atoms with E-state index in [1.807, 2.05) is 72.3 Å². The molecule has 0 aliphatic rings. The average molecular weight is 479 g/mol. The van der Waals surface area contributed by atoms with Gasteiger partial charge in [-0.1, -0.05) is 42.5 Å². The fraction of sp³-hybridized carbons (Fsp3) is 0.111. The van der Waals surface area contributed by atoms with Crippen molar-refractivity contribution >= 4 is 44.9 Å². The number of ether oxygens (including phenoxy) is 1. The number of aromatic nitrogens is 4. The van der Waals surface area contributed by atoms with E-state index in [1.54, 1.807) is 19.4 Å². The van der Waals surface area contributed by atoms with Crippen molar-refractivity contribution in [1.82, 2.24) is 24.8 Å². The average Bonchev–Trinajstić information content (AvgIpc) is 3.50. The van der Waals surface area contributed by atoms with E-state index in [-0.39, 0.29) is 6.54 Å². The number of amides is 1. The van der Waals surface area contributed by atoms with Crippen LogP contribution >= 0.6 is 0 Å². The van der Waals surface area contributed by atoms with E-state index in [4.69, 9.17) is 14.1 Å². The molecule has 0 aliphatic carbocycles. The monoisotopic (exact) mass is 478 g/mol. The molecule has 0 aliphatic heterocycles. The second kappa shape index (κ2) is 8.70. The maximum atomic E-state index is 12.4. The third kappa shape index (κ3) is 3.86. The van der Waals surface area contributed by atoms with Crippen LogP contribution in [0.15, 0.2) is 77.5 Å². The summed E-state index contributed by atoms with van der Waals surface area (Å²) in [6.45, 7) is 0.286. The first-order chi connectivity index (χ1) is 17.6. The van der Waals surface area contributed by atoms with Crippen LogP contribution in [0.1, 0.15) is 5.56 Å². The van der Waals surface area contributed by atoms with Gasteiger partial charge in [0.25, 0.3) is 5.71 Å². The van der Waals surface area contributed by atoms with E-state index in [0.717, 1.165) is 32.9 Å². The standard InChI is InChI=1S/C27H22N6O3/c1-28-24-21-23(33(2)15-30-21)22-26(32-24)36-25(31-22)19-9-5-6-16(12-19)14-29-27(34)35-20-11-10-17-7-3-4-8-18(17)13-20/h3-13,15H,14H2,1-2H3,(H,28,32)(H,29,34). The summed E-state index contributed by atoms with van der Waals surface area (Å²) in [6, 6.07) is 21.1. The van der Waals surface area contributed by atoms with Crippen LogP contribution in [0.3, 0.4) is 0 Å². The van der Waals surface area contributed by atoms with Gasteiger partial charge in [-0.05, 0) is 40.6 Å². The van der Waals surface area contributed by atoms with Gasteiger partial charge in [-0.25, -0.2) is 14.8 Å². The Hall–Kier alpha value is -4.92. The zero-order valence-electron chi connectivity index (χ0n) is 19.6. The predicted octanol–water partition coefficient (Wildman–Crippen LogP) is 5.26. The van der Waals surface area contributed by atoms with Crippen LogP contribution in [0.4, 0.5) is 10.6 Å². The second-order valence-corrected chi connectivity index (χ2v) is 8.39. The highest BCUT2D eigenvalue weighted by Gasteiger charge is 2.18. The van der Waals surface area contributed by atoms with Crippen molar-refractivity contribution in [3.05, 3.63) is 78.6 Å². The molecule has 0 fully saturated rings. The van der Waals surface area contributed by atoms with Crippen molar-refractivity contribution in [1.29, 1.82) is 0 Å². The highest BCUT2D eigenvalue weighted by molar-refractivity contribution is 6.03. The molecular formula is C27H22N6O3. The van der Waals surface area contributed by atoms with Crippen molar-refractivity contribution < 1.29 is 13.9 Å². The molecule has 1 amide bonds. The van der Waals surface area contributed by atoms with Gasteiger partial charge in [-0.15, -0.1) is 0 Å². The largest absolute Gasteiger partial charge is 0.418 e. The molecule has 3 heterocycles. The van der Waals surface area contributed by atoms with Gasteiger partial charge < -0.3 is 24.4 Å². The minimum Gasteiger partial charge on any atom is -0.418 e. The third-order valence-electron chi connectivity index (χ3n) is 5.99. The molecule has 3 aromatic carbocycles. The smallest absolute Gasteiger partial charge is 0.412 e. The second-order valence-electron chi connectivity index (χ2n) is 8.39. The summed E-state index contributed by atoms with van der Waals surface area (Å²) in [5, 5.41) is 7.95. The maximum Gasteiger partial charge on any atom is 0.412 e. The van der Waals surface area contributed by atoms with Gasteiger partial charge in [0, 0.05) is 26.2 Å². The first-order valence-corrected chi connectivity index (χ1v) is 11.4. The lowest BCUT2D eigenvalue weighted by Crippen LogP contribution is -2.26. The molecule has 3 aromatic heterocycles. The van der Waals surface area contributed by atoms with Crippen molar-refractivity contribution in [3.8, 4) is 17.2 Å². The SMILES string of the molecule is CNc1nc2oc(-c3cccc(CNC(=O)Oc4ccc5ccccc5c4)c3)nc2c2c1ncn2C. The topological polar surface area (TPSA) is 107 Å². The highest BCUT2D eigenvalue weighted by atomic mass is 16.6. The van der Waals surface area contributed by atoms with Crippen molar-refractivity contribution in [2.45, 2.75) is 6.54 Å². The Balaban J connectivity index is 1.21. The fourth-order valence-electron chi connectivity index (χ4n) is 4.24. The van der Waals surface area contributed by atoms with E-state index in [2.05, 4.69) is 20.6 Å². The van der Waals surface area contributed by atoms with Crippen LogP contribution in [0.5, 0.6) is 5.75 Å². The molecule has 6 aromatic rings. The Morgan fingerprint density at radius 1 is 1.00 bits per heavy atom. The Morgan fingerprint density at radius 2 is 1.86 bits per heavy atom. The fourth-order valence-corrected chi connectivity index (χ4v) is 4.24. The number of hydrogen-bond donors (Lipinski definition) is 2. The Morgan fingerprint density at radius 3 is 2.72 bits per heavy atom. The minimum absolute atomic E-state index is 0.286. The van der Waals surface area contributed by atoms with Gasteiger partial charge in [0.15, 0.2) is 11.3 Å². The molecule has 36 heavy (non-hydrogen) atoms. The molecule has 0 saturated heterocycles. The Labute approximate surface area is 205 Å². The maximum absolute atomic E-state index is 12.4. The first kappa shape index (κ1) is 21.6. The molecule has 0 unspecified atom stereocenters. The number of hydrogen-bond acceptors (Lipinski definition) is 7. The van der Waals surface area contributed by atoms with E-state index in [0.29, 0.717) is 28.7 Å². The summed E-state index contributed by atoms with van der Waals surface area (Å²) in [5.74, 6) is 1.55. The number of anilines is 1. The third-order valence-corrected chi connectivity index (χ3v) is 5.99. The van der Waals surface area contributed by atoms with Gasteiger partial charge in [-0.3, -0.25) is 0 Å². The lowest BCUT2D eigenvalue weighted by molar-refractivity contribution is 0.200. The number of pyridine rings is 1. The van der Waals surface area contributed by atoms with Gasteiger partial charge in [0.2, 0.25) is 5.89 Å². The summed E-state index contributed by atoms with van der Waals surface area (Å²) in [6.07, 6.45) is 1.20. The number of rotatable bonds is 5. The molecule has 2 N–H and O–H groups in total. The number of nitrogens with zero attached hydrogens (tertiary/aromatic N) is 4. The van der Waals surface area contributed by atoms with Crippen LogP contribution in [0.25, 0.3) is 44.5 Å². The molecule has 0 atom stereocenters. The zero-order valence-corrected chi connectivity index (χ0v) is 19.6. The Kier molecular flexibility index (Phi) is 5.22. The summed E-state index contributed by atoms with van der Waals surface area (Å²) < 4.78 is 13.4. The Bertz CT molecular complexity index is 1750. The number of benzene rings is 3. The number of carbonyl (C=O) groups is 1. The molecule has 178 valence electrons. The predicted molar refractivity (Wildman–Crippen MR) is 138 cm³/mol. The van der Waals surface area contributed by atoms with Crippen LogP contribution in [-0.4, -0.2) is 32.7 Å². The van der Waals surface area contributed by atoms with Crippen molar-refractivity contribution in [2.24, 2.45) is 7.05 Å². The first-order valence-electron chi connectivity index (χ1n) is 11.4. The molecule has 0 radical (unpaired) electrons. The molecule has 0 bridgehead atoms. The number of nitrogens with one attached hydrogen (secondary N) is 2. The van der Waals surface area contributed by atoms with E-state index < -0.39 is 6.09 Å². The number of imidazole rings is 1. The highest BCUT2D eigenvalue weighted by Crippen LogP contribution is 2.31. The van der Waals surface area contributed by atoms with Gasteiger partial charge >= 0.3 is 6.09 Å². The van der Waals surface area contributed by atoms with Crippen molar-refractivity contribution in [2.75, 3.05) is 12.4 Å². The van der Waals surface area contributed by atoms with E-state index in [9.17, 15) is 4.79 Å². The minimum atomic E-state index is -0.528. The van der Waals surface area contributed by atoms with Crippen molar-refractivity contribution in [3.63, 3.8) is 0 Å². The van der Waals surface area contributed by atoms with Crippen LogP contribution in [0.2, 0.25) is 0 Å². The van der Waals surface area contributed by atoms with Gasteiger partial charge in [0.05, 0.1) is 6.33 Å². The number of aryl methyl sites for hydroxylation is 1. The van der Waals surface area contributed by atoms with Gasteiger partial charge in [0.1, 0.15) is 16.8 Å². The van der Waals surface area contributed by atoms with E-state index in [1.165, 1.54) is 0 Å². The lowest BCUT2D eigenvalue weighted by atomic mass is 10.1. The number of oxazole rings is 1. The molecule has 0 spiro atoms. The van der Waals surface area contributed by atoms with Crippen LogP contribution in [-0.2, 0) is 13.6 Å². The molecule has 0 saturated carbocycles. The summed E-state index contributed by atoms with van der Waals surface area (Å²) in [4.78, 5) is 26.1. The molecular weight excluding hydrogens is 456 g/mol. The van der Waals surface area contributed by atoms with Gasteiger partial charge in [-0.2, -0.15) is 4.98 Å². The summed E-state index contributed by atoms with van der Waals surface area (Å²) in [7, 11) is 3.70. The normalized spacial score (nSPS) is 11.3. The molecule has 9 heteroatoms. The molecule has 9 nitrogen and oxygen atoms in total. The molecule has 6 rings (SSSR count). The quantitative estimate of drug-likeness (QED) is 0.348. The lowest BCUT2D eigenvalue weighted by Gasteiger charge is -2.08. The summed E-state index contributed by atoms with van der Waals surface area (Å²) in [5.41, 5.74) is 4.29. The number of carbonyl (C=O) groups excluding carboxylic acids is 1. The number of fused-ring (bicyclic) bond motifs is 4. The van der Waals surface area contributed by atoms with E-state index >= 15 is 0 Å². The zero-order chi connectivity index (χ0) is 24.6.